The summed E-state index contributed by atoms with van der Waals surface area (Å²) in [6.07, 6.45) is 2.07. The smallest absolute Gasteiger partial charge is 0.0528 e. The summed E-state index contributed by atoms with van der Waals surface area (Å²) < 4.78 is 2.13. The fourth-order valence-corrected chi connectivity index (χ4v) is 2.09. The van der Waals surface area contributed by atoms with Crippen molar-refractivity contribution in [3.05, 3.63) is 79.0 Å². The van der Waals surface area contributed by atoms with E-state index in [1.54, 1.807) is 0 Å². The van der Waals surface area contributed by atoms with Crippen LogP contribution in [0.1, 0.15) is 5.56 Å². The van der Waals surface area contributed by atoms with E-state index in [9.17, 15) is 0 Å². The first-order valence-electron chi connectivity index (χ1n) is 5.67. The van der Waals surface area contributed by atoms with Crippen LogP contribution in [-0.4, -0.2) is 4.57 Å². The summed E-state index contributed by atoms with van der Waals surface area (Å²) in [6.45, 7) is 4.18. The summed E-state index contributed by atoms with van der Waals surface area (Å²) in [6, 6.07) is 20.7. The Labute approximate surface area is 101 Å². The molecule has 0 aliphatic rings. The van der Waals surface area contributed by atoms with E-state index in [0.29, 0.717) is 0 Å². The van der Waals surface area contributed by atoms with Crippen molar-refractivity contribution in [2.75, 3.05) is 0 Å². The third kappa shape index (κ3) is 1.66. The predicted molar refractivity (Wildman–Crippen MR) is 72.8 cm³/mol. The minimum absolute atomic E-state index is 1.01. The highest BCUT2D eigenvalue weighted by atomic mass is 15.0. The molecule has 0 aliphatic heterocycles. The highest BCUT2D eigenvalue weighted by molar-refractivity contribution is 5.85. The van der Waals surface area contributed by atoms with Gasteiger partial charge in [0.15, 0.2) is 0 Å². The standard InChI is InChI=1S/C16H13N/c1-13(14-7-3-2-4-8-14)17-12-11-15-9-5-6-10-16(15)17/h2-12H,1H2. The van der Waals surface area contributed by atoms with Gasteiger partial charge >= 0.3 is 0 Å². The van der Waals surface area contributed by atoms with Crippen LogP contribution >= 0.6 is 0 Å². The molecule has 1 nitrogen and oxygen atoms in total. The van der Waals surface area contributed by atoms with Gasteiger partial charge in [-0.3, -0.25) is 0 Å². The number of hydrogen-bond donors (Lipinski definition) is 0. The topological polar surface area (TPSA) is 4.93 Å². The van der Waals surface area contributed by atoms with E-state index in [0.717, 1.165) is 11.3 Å². The van der Waals surface area contributed by atoms with Gasteiger partial charge in [0.05, 0.1) is 5.52 Å². The lowest BCUT2D eigenvalue weighted by Crippen LogP contribution is -1.95. The first-order valence-corrected chi connectivity index (χ1v) is 5.67. The van der Waals surface area contributed by atoms with Gasteiger partial charge in [0.2, 0.25) is 0 Å². The molecule has 0 fully saturated rings. The molecule has 82 valence electrons. The van der Waals surface area contributed by atoms with Crippen molar-refractivity contribution in [1.29, 1.82) is 0 Å². The fourth-order valence-electron chi connectivity index (χ4n) is 2.09. The zero-order chi connectivity index (χ0) is 11.7. The van der Waals surface area contributed by atoms with Crippen molar-refractivity contribution >= 4 is 16.6 Å². The lowest BCUT2D eigenvalue weighted by molar-refractivity contribution is 1.17. The fraction of sp³-hybridized carbons (Fsp3) is 0. The van der Waals surface area contributed by atoms with E-state index in [-0.39, 0.29) is 0 Å². The van der Waals surface area contributed by atoms with E-state index in [4.69, 9.17) is 0 Å². The van der Waals surface area contributed by atoms with Gasteiger partial charge in [-0.2, -0.15) is 0 Å². The second kappa shape index (κ2) is 3.95. The molecule has 0 saturated carbocycles. The van der Waals surface area contributed by atoms with E-state index < -0.39 is 0 Å². The quantitative estimate of drug-likeness (QED) is 0.610. The van der Waals surface area contributed by atoms with Gasteiger partial charge in [0.25, 0.3) is 0 Å². The molecule has 1 aromatic heterocycles. The van der Waals surface area contributed by atoms with Crippen LogP contribution in [0.4, 0.5) is 0 Å². The normalized spacial score (nSPS) is 10.6. The zero-order valence-corrected chi connectivity index (χ0v) is 9.51. The summed E-state index contributed by atoms with van der Waals surface area (Å²) in [5.41, 5.74) is 3.35. The molecule has 1 heterocycles. The molecule has 2 aromatic carbocycles. The van der Waals surface area contributed by atoms with Crippen LogP contribution in [0.5, 0.6) is 0 Å². The van der Waals surface area contributed by atoms with Crippen molar-refractivity contribution in [1.82, 2.24) is 4.57 Å². The van der Waals surface area contributed by atoms with E-state index >= 15 is 0 Å². The van der Waals surface area contributed by atoms with Crippen LogP contribution in [0.2, 0.25) is 0 Å². The third-order valence-electron chi connectivity index (χ3n) is 3.00. The summed E-state index contributed by atoms with van der Waals surface area (Å²) in [4.78, 5) is 0. The third-order valence-corrected chi connectivity index (χ3v) is 3.00. The van der Waals surface area contributed by atoms with Crippen LogP contribution in [0, 0.1) is 0 Å². The highest BCUT2D eigenvalue weighted by Crippen LogP contribution is 2.22. The lowest BCUT2D eigenvalue weighted by atomic mass is 10.1. The molecule has 0 N–H and O–H groups in total. The summed E-state index contributed by atoms with van der Waals surface area (Å²) >= 11 is 0. The first-order chi connectivity index (χ1) is 8.36. The van der Waals surface area contributed by atoms with Crippen molar-refractivity contribution in [2.24, 2.45) is 0 Å². The molecule has 3 aromatic rings. The number of fused-ring (bicyclic) bond motifs is 1. The van der Waals surface area contributed by atoms with Gasteiger partial charge < -0.3 is 4.57 Å². The van der Waals surface area contributed by atoms with Crippen LogP contribution in [-0.2, 0) is 0 Å². The maximum Gasteiger partial charge on any atom is 0.0528 e. The Morgan fingerprint density at radius 2 is 1.53 bits per heavy atom. The number of nitrogens with zero attached hydrogens (tertiary/aromatic N) is 1. The highest BCUT2D eigenvalue weighted by Gasteiger charge is 2.04. The Morgan fingerprint density at radius 1 is 0.824 bits per heavy atom. The van der Waals surface area contributed by atoms with Crippen LogP contribution < -0.4 is 0 Å². The summed E-state index contributed by atoms with van der Waals surface area (Å²) in [7, 11) is 0. The molecule has 3 rings (SSSR count). The van der Waals surface area contributed by atoms with Gasteiger partial charge in [-0.25, -0.2) is 0 Å². The maximum absolute atomic E-state index is 4.18. The van der Waals surface area contributed by atoms with Gasteiger partial charge in [0.1, 0.15) is 0 Å². The minimum atomic E-state index is 1.01. The number of para-hydroxylation sites is 1. The molecule has 0 spiro atoms. The zero-order valence-electron chi connectivity index (χ0n) is 9.51. The van der Waals surface area contributed by atoms with Crippen LogP contribution in [0.25, 0.3) is 16.6 Å². The lowest BCUT2D eigenvalue weighted by Gasteiger charge is -2.09. The van der Waals surface area contributed by atoms with Crippen molar-refractivity contribution in [2.45, 2.75) is 0 Å². The number of benzene rings is 2. The molecule has 0 aliphatic carbocycles. The molecule has 0 bridgehead atoms. The van der Waals surface area contributed by atoms with Crippen LogP contribution in [0.3, 0.4) is 0 Å². The molecular weight excluding hydrogens is 206 g/mol. The number of aromatic nitrogens is 1. The largest absolute Gasteiger partial charge is 0.317 e. The molecule has 0 radical (unpaired) electrons. The van der Waals surface area contributed by atoms with E-state index in [1.165, 1.54) is 10.9 Å². The monoisotopic (exact) mass is 219 g/mol. The second-order valence-corrected chi connectivity index (χ2v) is 4.06. The summed E-state index contributed by atoms with van der Waals surface area (Å²) in [5.74, 6) is 0. The van der Waals surface area contributed by atoms with E-state index in [1.807, 2.05) is 18.2 Å². The molecule has 0 saturated heterocycles. The van der Waals surface area contributed by atoms with Crippen LogP contribution in [0.15, 0.2) is 73.4 Å². The average Bonchev–Trinajstić information content (AvgIpc) is 2.83. The molecule has 0 unspecified atom stereocenters. The summed E-state index contributed by atoms with van der Waals surface area (Å²) in [5, 5.41) is 1.24. The molecule has 0 atom stereocenters. The molecule has 17 heavy (non-hydrogen) atoms. The van der Waals surface area contributed by atoms with Crippen molar-refractivity contribution < 1.29 is 0 Å². The average molecular weight is 219 g/mol. The predicted octanol–water partition coefficient (Wildman–Crippen LogP) is 4.16. The Morgan fingerprint density at radius 3 is 2.35 bits per heavy atom. The van der Waals surface area contributed by atoms with E-state index in [2.05, 4.69) is 59.8 Å². The molecule has 0 amide bonds. The number of rotatable bonds is 2. The number of hydrogen-bond acceptors (Lipinski definition) is 0. The Bertz CT molecular complexity index is 662. The van der Waals surface area contributed by atoms with Gasteiger partial charge in [0, 0.05) is 11.9 Å². The first kappa shape index (κ1) is 9.91. The Balaban J connectivity index is 2.14. The molecular formula is C16H13N. The minimum Gasteiger partial charge on any atom is -0.317 e. The van der Waals surface area contributed by atoms with Gasteiger partial charge in [-0.15, -0.1) is 0 Å². The Kier molecular flexibility index (Phi) is 2.30. The molecule has 1 heteroatoms. The van der Waals surface area contributed by atoms with Gasteiger partial charge in [-0.1, -0.05) is 55.1 Å². The van der Waals surface area contributed by atoms with Gasteiger partial charge in [-0.05, 0) is 23.1 Å². The van der Waals surface area contributed by atoms with Crippen molar-refractivity contribution in [3.63, 3.8) is 0 Å². The second-order valence-electron chi connectivity index (χ2n) is 4.06. The Hall–Kier alpha value is -2.28. The SMILES string of the molecule is C=C(c1ccccc1)n1ccc2ccccc21. The maximum atomic E-state index is 4.18. The van der Waals surface area contributed by atoms with Crippen molar-refractivity contribution in [3.8, 4) is 0 Å².